The maximum Gasteiger partial charge on any atom is 0.109 e. The van der Waals surface area contributed by atoms with Crippen LogP contribution in [0.2, 0.25) is 5.02 Å². The summed E-state index contributed by atoms with van der Waals surface area (Å²) < 4.78 is 1.05. The molecule has 2 aromatic rings. The quantitative estimate of drug-likeness (QED) is 0.461. The number of hydrogen-bond acceptors (Lipinski definition) is 1. The Morgan fingerprint density at radius 3 is 2.79 bits per heavy atom. The van der Waals surface area contributed by atoms with Crippen molar-refractivity contribution >= 4 is 49.2 Å². The van der Waals surface area contributed by atoms with Crippen molar-refractivity contribution in [3.8, 4) is 0 Å². The maximum atomic E-state index is 6.12. The first-order valence-electron chi connectivity index (χ1n) is 5.90. The van der Waals surface area contributed by atoms with Gasteiger partial charge >= 0.3 is 0 Å². The zero-order chi connectivity index (χ0) is 13.4. The summed E-state index contributed by atoms with van der Waals surface area (Å²) in [6, 6.07) is 14.2. The zero-order valence-electron chi connectivity index (χ0n) is 9.91. The Kier molecular flexibility index (Phi) is 3.79. The minimum Gasteiger partial charge on any atom is -0.269 e. The molecule has 0 saturated heterocycles. The van der Waals surface area contributed by atoms with Gasteiger partial charge in [0.1, 0.15) is 4.95 Å². The molecule has 96 valence electrons. The van der Waals surface area contributed by atoms with Gasteiger partial charge in [-0.3, -0.25) is 4.99 Å². The third kappa shape index (κ3) is 2.78. The van der Waals surface area contributed by atoms with Crippen molar-refractivity contribution in [2.45, 2.75) is 11.4 Å². The molecule has 0 spiro atoms. The van der Waals surface area contributed by atoms with Gasteiger partial charge in [0.15, 0.2) is 0 Å². The summed E-state index contributed by atoms with van der Waals surface area (Å²) in [5.41, 5.74) is 4.49. The molecule has 0 aliphatic carbocycles. The van der Waals surface area contributed by atoms with Crippen LogP contribution in [0.4, 0.5) is 0 Å². The highest BCUT2D eigenvalue weighted by Gasteiger charge is 2.20. The Bertz CT molecular complexity index is 667. The van der Waals surface area contributed by atoms with Crippen molar-refractivity contribution in [3.05, 3.63) is 68.7 Å². The number of nitrogens with zero attached hydrogens (tertiary/aromatic N) is 1. The molecule has 1 unspecified atom stereocenters. The van der Waals surface area contributed by atoms with Crippen LogP contribution in [0.25, 0.3) is 0 Å². The van der Waals surface area contributed by atoms with Crippen molar-refractivity contribution in [1.29, 1.82) is 0 Å². The van der Waals surface area contributed by atoms with Crippen LogP contribution in [0.1, 0.15) is 16.7 Å². The van der Waals surface area contributed by atoms with Gasteiger partial charge in [-0.1, -0.05) is 61.7 Å². The van der Waals surface area contributed by atoms with E-state index < -0.39 is 0 Å². The molecule has 19 heavy (non-hydrogen) atoms. The molecule has 0 N–H and O–H groups in total. The van der Waals surface area contributed by atoms with Crippen molar-refractivity contribution in [1.82, 2.24) is 0 Å². The Morgan fingerprint density at radius 1 is 1.16 bits per heavy atom. The van der Waals surface area contributed by atoms with Gasteiger partial charge in [0.25, 0.3) is 0 Å². The lowest BCUT2D eigenvalue weighted by Gasteiger charge is -2.21. The molecule has 1 atom stereocenters. The third-order valence-electron chi connectivity index (χ3n) is 3.08. The number of hydrogen-bond donors (Lipinski definition) is 0. The molecule has 3 rings (SSSR count). The lowest BCUT2D eigenvalue weighted by molar-refractivity contribution is 0.897. The molecule has 0 bridgehead atoms. The SMILES string of the molecule is Clc1ccc2c(c1)C(c1cccc(Br)c1)=NC(Br)C2. The van der Waals surface area contributed by atoms with E-state index in [4.69, 9.17) is 16.6 Å². The summed E-state index contributed by atoms with van der Waals surface area (Å²) in [6.45, 7) is 0. The van der Waals surface area contributed by atoms with Gasteiger partial charge in [0, 0.05) is 27.0 Å². The van der Waals surface area contributed by atoms with Gasteiger partial charge in [0.05, 0.1) is 5.71 Å². The van der Waals surface area contributed by atoms with Crippen LogP contribution < -0.4 is 0 Å². The lowest BCUT2D eigenvalue weighted by Crippen LogP contribution is -2.18. The van der Waals surface area contributed by atoms with E-state index in [0.29, 0.717) is 0 Å². The fourth-order valence-electron chi connectivity index (χ4n) is 2.25. The molecule has 4 heteroatoms. The minimum absolute atomic E-state index is 0.121. The van der Waals surface area contributed by atoms with Crippen molar-refractivity contribution < 1.29 is 0 Å². The van der Waals surface area contributed by atoms with E-state index in [1.165, 1.54) is 5.56 Å². The highest BCUT2D eigenvalue weighted by Crippen LogP contribution is 2.28. The third-order valence-corrected chi connectivity index (χ3v) is 4.34. The summed E-state index contributed by atoms with van der Waals surface area (Å²) >= 11 is 13.2. The number of alkyl halides is 1. The summed E-state index contributed by atoms with van der Waals surface area (Å²) in [5.74, 6) is 0. The standard InChI is InChI=1S/C15H10Br2ClN/c16-11-3-1-2-10(6-11)15-13-8-12(18)5-4-9(13)7-14(17)19-15/h1-6,8,14H,7H2. The average molecular weight is 400 g/mol. The molecule has 0 saturated carbocycles. The van der Waals surface area contributed by atoms with Gasteiger partial charge in [-0.05, 0) is 29.8 Å². The smallest absolute Gasteiger partial charge is 0.109 e. The highest BCUT2D eigenvalue weighted by atomic mass is 79.9. The van der Waals surface area contributed by atoms with Crippen LogP contribution in [0, 0.1) is 0 Å². The largest absolute Gasteiger partial charge is 0.269 e. The Morgan fingerprint density at radius 2 is 2.00 bits per heavy atom. The lowest BCUT2D eigenvalue weighted by atomic mass is 9.93. The number of aliphatic imine (C=N–C) groups is 1. The van der Waals surface area contributed by atoms with Gasteiger partial charge in [-0.15, -0.1) is 0 Å². The second-order valence-corrected chi connectivity index (χ2v) is 6.84. The molecular formula is C15H10Br2ClN. The van der Waals surface area contributed by atoms with E-state index in [2.05, 4.69) is 50.1 Å². The number of halogens is 3. The van der Waals surface area contributed by atoms with Gasteiger partial charge < -0.3 is 0 Å². The molecule has 0 radical (unpaired) electrons. The highest BCUT2D eigenvalue weighted by molar-refractivity contribution is 9.10. The topological polar surface area (TPSA) is 12.4 Å². The summed E-state index contributed by atoms with van der Waals surface area (Å²) in [4.78, 5) is 4.85. The summed E-state index contributed by atoms with van der Waals surface area (Å²) in [6.07, 6.45) is 0.893. The second-order valence-electron chi connectivity index (χ2n) is 4.43. The first-order valence-corrected chi connectivity index (χ1v) is 7.99. The Balaban J connectivity index is 2.17. The van der Waals surface area contributed by atoms with Gasteiger partial charge in [-0.2, -0.15) is 0 Å². The zero-order valence-corrected chi connectivity index (χ0v) is 13.8. The maximum absolute atomic E-state index is 6.12. The average Bonchev–Trinajstić information content (AvgIpc) is 2.38. The van der Waals surface area contributed by atoms with Crippen LogP contribution in [-0.4, -0.2) is 10.7 Å². The van der Waals surface area contributed by atoms with Crippen LogP contribution >= 0.6 is 43.5 Å². The fourth-order valence-corrected chi connectivity index (χ4v) is 3.37. The monoisotopic (exact) mass is 397 g/mol. The van der Waals surface area contributed by atoms with Crippen molar-refractivity contribution in [2.75, 3.05) is 0 Å². The van der Waals surface area contributed by atoms with Crippen LogP contribution in [0.5, 0.6) is 0 Å². The minimum atomic E-state index is 0.121. The number of fused-ring (bicyclic) bond motifs is 1. The molecule has 1 heterocycles. The number of benzene rings is 2. The Labute approximate surface area is 134 Å². The van der Waals surface area contributed by atoms with Crippen molar-refractivity contribution in [3.63, 3.8) is 0 Å². The molecule has 1 aliphatic rings. The van der Waals surface area contributed by atoms with E-state index in [1.54, 1.807) is 0 Å². The van der Waals surface area contributed by atoms with Crippen LogP contribution in [0.15, 0.2) is 51.9 Å². The van der Waals surface area contributed by atoms with Gasteiger partial charge in [0.2, 0.25) is 0 Å². The molecule has 0 amide bonds. The van der Waals surface area contributed by atoms with E-state index in [1.807, 2.05) is 24.3 Å². The number of rotatable bonds is 1. The summed E-state index contributed by atoms with van der Waals surface area (Å²) in [5, 5.41) is 0.745. The fraction of sp³-hybridized carbons (Fsp3) is 0.133. The van der Waals surface area contributed by atoms with E-state index in [-0.39, 0.29) is 4.95 Å². The van der Waals surface area contributed by atoms with Crippen LogP contribution in [0.3, 0.4) is 0 Å². The van der Waals surface area contributed by atoms with Crippen molar-refractivity contribution in [2.24, 2.45) is 4.99 Å². The first-order chi connectivity index (χ1) is 9.13. The van der Waals surface area contributed by atoms with E-state index in [9.17, 15) is 0 Å². The molecule has 1 aliphatic heterocycles. The van der Waals surface area contributed by atoms with Gasteiger partial charge in [-0.25, -0.2) is 0 Å². The Hall–Kier alpha value is -0.640. The molecule has 2 aromatic carbocycles. The van der Waals surface area contributed by atoms with Crippen LogP contribution in [-0.2, 0) is 6.42 Å². The second kappa shape index (κ2) is 5.39. The predicted molar refractivity (Wildman–Crippen MR) is 87.7 cm³/mol. The molecule has 1 nitrogen and oxygen atoms in total. The molecule has 0 aromatic heterocycles. The first kappa shape index (κ1) is 13.3. The normalized spacial score (nSPS) is 17.8. The van der Waals surface area contributed by atoms with E-state index in [0.717, 1.165) is 32.8 Å². The summed E-state index contributed by atoms with van der Waals surface area (Å²) in [7, 11) is 0. The molecular weight excluding hydrogens is 389 g/mol. The predicted octanol–water partition coefficient (Wildman–Crippen LogP) is 5.22. The molecule has 0 fully saturated rings. The van der Waals surface area contributed by atoms with E-state index >= 15 is 0 Å².